The zero-order chi connectivity index (χ0) is 14.0. The zero-order valence-corrected chi connectivity index (χ0v) is 10.3. The van der Waals surface area contributed by atoms with Gasteiger partial charge in [0.25, 0.3) is 5.91 Å². The van der Waals surface area contributed by atoms with Gasteiger partial charge in [-0.05, 0) is 36.4 Å². The fourth-order valence-electron chi connectivity index (χ4n) is 1.50. The molecule has 0 aliphatic carbocycles. The first kappa shape index (κ1) is 13.3. The average Bonchev–Trinajstić information content (AvgIpc) is 2.31. The number of nitrogens with two attached hydrogens (primary N) is 1. The van der Waals surface area contributed by atoms with Crippen molar-refractivity contribution in [2.45, 2.75) is 0 Å². The molecule has 3 N–H and O–H groups in total. The second-order valence-electron chi connectivity index (χ2n) is 3.85. The maximum atomic E-state index is 13.2. The van der Waals surface area contributed by atoms with E-state index in [2.05, 4.69) is 5.32 Å². The molecule has 0 saturated carbocycles. The predicted molar refractivity (Wildman–Crippen MR) is 70.2 cm³/mol. The summed E-state index contributed by atoms with van der Waals surface area (Å²) in [5.41, 5.74) is 5.52. The molecule has 0 bridgehead atoms. The number of amides is 1. The lowest BCUT2D eigenvalue weighted by Crippen LogP contribution is -2.12. The van der Waals surface area contributed by atoms with Crippen LogP contribution in [-0.2, 0) is 0 Å². The van der Waals surface area contributed by atoms with E-state index in [-0.39, 0.29) is 22.0 Å². The zero-order valence-electron chi connectivity index (χ0n) is 9.58. The third-order valence-electron chi connectivity index (χ3n) is 2.38. The Balaban J connectivity index is 2.22. The monoisotopic (exact) mass is 282 g/mol. The van der Waals surface area contributed by atoms with Crippen LogP contribution in [0.2, 0.25) is 5.02 Å². The van der Waals surface area contributed by atoms with Gasteiger partial charge in [-0.3, -0.25) is 4.79 Å². The minimum absolute atomic E-state index is 0.0506. The van der Waals surface area contributed by atoms with Gasteiger partial charge in [0.05, 0.1) is 5.69 Å². The molecule has 0 aliphatic rings. The van der Waals surface area contributed by atoms with E-state index in [0.717, 1.165) is 18.2 Å². The molecular weight excluding hydrogens is 274 g/mol. The van der Waals surface area contributed by atoms with Gasteiger partial charge in [-0.2, -0.15) is 0 Å². The Labute approximate surface area is 113 Å². The van der Waals surface area contributed by atoms with Crippen molar-refractivity contribution >= 4 is 28.9 Å². The standard InChI is InChI=1S/C13H9ClF2N2O/c14-8-4-9(15)6-10(5-8)18-13(19)7-1-2-12(17)11(16)3-7/h1-6H,17H2,(H,18,19). The number of benzene rings is 2. The fourth-order valence-corrected chi connectivity index (χ4v) is 1.72. The molecule has 0 aliphatic heterocycles. The molecule has 2 rings (SSSR count). The first-order chi connectivity index (χ1) is 8.95. The third-order valence-corrected chi connectivity index (χ3v) is 2.60. The maximum Gasteiger partial charge on any atom is 0.255 e. The summed E-state index contributed by atoms with van der Waals surface area (Å²) in [6, 6.07) is 7.26. The molecular formula is C13H9ClF2N2O. The first-order valence-electron chi connectivity index (χ1n) is 5.28. The minimum Gasteiger partial charge on any atom is -0.396 e. The van der Waals surface area contributed by atoms with E-state index in [4.69, 9.17) is 17.3 Å². The predicted octanol–water partition coefficient (Wildman–Crippen LogP) is 3.45. The van der Waals surface area contributed by atoms with Crippen LogP contribution < -0.4 is 11.1 Å². The van der Waals surface area contributed by atoms with Gasteiger partial charge in [-0.15, -0.1) is 0 Å². The van der Waals surface area contributed by atoms with Crippen molar-refractivity contribution in [2.75, 3.05) is 11.1 Å². The second kappa shape index (κ2) is 5.24. The summed E-state index contributed by atoms with van der Waals surface area (Å²) in [5, 5.41) is 2.57. The molecule has 0 heterocycles. The van der Waals surface area contributed by atoms with Crippen LogP contribution in [-0.4, -0.2) is 5.91 Å². The molecule has 0 fully saturated rings. The molecule has 3 nitrogen and oxygen atoms in total. The molecule has 0 radical (unpaired) electrons. The number of nitrogen functional groups attached to an aromatic ring is 1. The summed E-state index contributed by atoms with van der Waals surface area (Å²) in [7, 11) is 0. The van der Waals surface area contributed by atoms with Crippen LogP contribution in [0.15, 0.2) is 36.4 Å². The van der Waals surface area contributed by atoms with Crippen molar-refractivity contribution in [3.05, 3.63) is 58.6 Å². The summed E-state index contributed by atoms with van der Waals surface area (Å²) in [6.45, 7) is 0. The van der Waals surface area contributed by atoms with Crippen LogP contribution in [0.5, 0.6) is 0 Å². The number of hydrogen-bond acceptors (Lipinski definition) is 2. The number of nitrogens with one attached hydrogen (secondary N) is 1. The Hall–Kier alpha value is -2.14. The van der Waals surface area contributed by atoms with Crippen molar-refractivity contribution in [1.82, 2.24) is 0 Å². The summed E-state index contributed by atoms with van der Waals surface area (Å²) >= 11 is 5.66. The largest absolute Gasteiger partial charge is 0.396 e. The number of anilines is 2. The molecule has 0 aromatic heterocycles. The maximum absolute atomic E-state index is 13.2. The van der Waals surface area contributed by atoms with Gasteiger partial charge in [0, 0.05) is 16.3 Å². The summed E-state index contributed by atoms with van der Waals surface area (Å²) in [5.74, 6) is -1.85. The lowest BCUT2D eigenvalue weighted by molar-refractivity contribution is 0.102. The van der Waals surface area contributed by atoms with Crippen LogP contribution >= 0.6 is 11.6 Å². The Bertz CT molecular complexity index is 626. The molecule has 1 amide bonds. The van der Waals surface area contributed by atoms with Gasteiger partial charge in [-0.25, -0.2) is 8.78 Å². The smallest absolute Gasteiger partial charge is 0.255 e. The van der Waals surface area contributed by atoms with Crippen molar-refractivity contribution < 1.29 is 13.6 Å². The van der Waals surface area contributed by atoms with Crippen molar-refractivity contribution in [3.63, 3.8) is 0 Å². The minimum atomic E-state index is -0.690. The van der Waals surface area contributed by atoms with Crippen LogP contribution in [0.4, 0.5) is 20.2 Å². The highest BCUT2D eigenvalue weighted by atomic mass is 35.5. The molecule has 2 aromatic carbocycles. The quantitative estimate of drug-likeness (QED) is 0.829. The van der Waals surface area contributed by atoms with Gasteiger partial charge in [-0.1, -0.05) is 11.6 Å². The number of halogens is 3. The molecule has 2 aromatic rings. The summed E-state index contributed by atoms with van der Waals surface area (Å²) < 4.78 is 26.3. The van der Waals surface area contributed by atoms with E-state index in [9.17, 15) is 13.6 Å². The fraction of sp³-hybridized carbons (Fsp3) is 0. The first-order valence-corrected chi connectivity index (χ1v) is 5.66. The topological polar surface area (TPSA) is 55.1 Å². The lowest BCUT2D eigenvalue weighted by Gasteiger charge is -2.06. The highest BCUT2D eigenvalue weighted by molar-refractivity contribution is 6.31. The molecule has 6 heteroatoms. The molecule has 0 saturated heterocycles. The Morgan fingerprint density at radius 2 is 1.89 bits per heavy atom. The van der Waals surface area contributed by atoms with E-state index in [1.54, 1.807) is 0 Å². The van der Waals surface area contributed by atoms with E-state index in [1.165, 1.54) is 18.2 Å². The van der Waals surface area contributed by atoms with Crippen LogP contribution in [0.25, 0.3) is 0 Å². The molecule has 0 unspecified atom stereocenters. The number of carbonyl (C=O) groups excluding carboxylic acids is 1. The highest BCUT2D eigenvalue weighted by Gasteiger charge is 2.09. The normalized spacial score (nSPS) is 10.3. The van der Waals surface area contributed by atoms with E-state index in [0.29, 0.717) is 0 Å². The Morgan fingerprint density at radius 1 is 1.16 bits per heavy atom. The number of rotatable bonds is 2. The van der Waals surface area contributed by atoms with Crippen LogP contribution in [0, 0.1) is 11.6 Å². The van der Waals surface area contributed by atoms with Gasteiger partial charge in [0.2, 0.25) is 0 Å². The van der Waals surface area contributed by atoms with Crippen LogP contribution in [0.1, 0.15) is 10.4 Å². The number of carbonyl (C=O) groups is 1. The third kappa shape index (κ3) is 3.20. The molecule has 98 valence electrons. The van der Waals surface area contributed by atoms with Crippen molar-refractivity contribution in [2.24, 2.45) is 0 Å². The van der Waals surface area contributed by atoms with E-state index >= 15 is 0 Å². The number of hydrogen-bond donors (Lipinski definition) is 2. The van der Waals surface area contributed by atoms with Crippen LogP contribution in [0.3, 0.4) is 0 Å². The Morgan fingerprint density at radius 3 is 2.53 bits per heavy atom. The summed E-state index contributed by atoms with van der Waals surface area (Å²) in [4.78, 5) is 11.8. The van der Waals surface area contributed by atoms with Gasteiger partial charge in [0.15, 0.2) is 0 Å². The van der Waals surface area contributed by atoms with Gasteiger partial charge in [0.1, 0.15) is 11.6 Å². The van der Waals surface area contributed by atoms with Crippen molar-refractivity contribution in [3.8, 4) is 0 Å². The van der Waals surface area contributed by atoms with Crippen molar-refractivity contribution in [1.29, 1.82) is 0 Å². The molecule has 0 spiro atoms. The highest BCUT2D eigenvalue weighted by Crippen LogP contribution is 2.19. The average molecular weight is 283 g/mol. The Kier molecular flexibility index (Phi) is 3.66. The van der Waals surface area contributed by atoms with Gasteiger partial charge < -0.3 is 11.1 Å². The second-order valence-corrected chi connectivity index (χ2v) is 4.28. The van der Waals surface area contributed by atoms with E-state index < -0.39 is 17.5 Å². The SMILES string of the molecule is Nc1ccc(C(=O)Nc2cc(F)cc(Cl)c2)cc1F. The molecule has 19 heavy (non-hydrogen) atoms. The lowest BCUT2D eigenvalue weighted by atomic mass is 10.2. The van der Waals surface area contributed by atoms with E-state index in [1.807, 2.05) is 0 Å². The van der Waals surface area contributed by atoms with Gasteiger partial charge >= 0.3 is 0 Å². The molecule has 0 atom stereocenters. The summed E-state index contributed by atoms with van der Waals surface area (Å²) in [6.07, 6.45) is 0.